The number of benzene rings is 1. The lowest BCUT2D eigenvalue weighted by Gasteiger charge is -2.15. The van der Waals surface area contributed by atoms with Gasteiger partial charge in [0.1, 0.15) is 0 Å². The molecule has 0 bridgehead atoms. The summed E-state index contributed by atoms with van der Waals surface area (Å²) in [5, 5.41) is 10.1. The van der Waals surface area contributed by atoms with Gasteiger partial charge in [-0.1, -0.05) is 41.9 Å². The van der Waals surface area contributed by atoms with Gasteiger partial charge in [0, 0.05) is 37.4 Å². The first kappa shape index (κ1) is 15.0. The number of nitrogens with zero attached hydrogens (tertiary/aromatic N) is 2. The van der Waals surface area contributed by atoms with Crippen LogP contribution in [0.15, 0.2) is 48.7 Å². The topological polar surface area (TPSA) is 53.4 Å². The fourth-order valence-corrected chi connectivity index (χ4v) is 3.12. The number of likely N-dealkylation sites (tertiary alicyclic amines) is 1. The summed E-state index contributed by atoms with van der Waals surface area (Å²) in [6, 6.07) is 13.7. The number of aliphatic carboxylic acids is 1. The minimum Gasteiger partial charge on any atom is -0.481 e. The van der Waals surface area contributed by atoms with E-state index in [1.54, 1.807) is 12.3 Å². The Kier molecular flexibility index (Phi) is 4.41. The maximum Gasteiger partial charge on any atom is 0.308 e. The quantitative estimate of drug-likeness (QED) is 0.942. The van der Waals surface area contributed by atoms with E-state index < -0.39 is 11.9 Å². The standard InChI is InChI=1S/C17H17ClN2O2/c18-13-6-7-16(19-8-13)14-10-20(11-15(14)17(21)22)9-12-4-2-1-3-5-12/h1-8,14-15H,9-11H2,(H,21,22)/t14-,15?/m1/s1. The summed E-state index contributed by atoms with van der Waals surface area (Å²) < 4.78 is 0. The molecule has 0 aliphatic carbocycles. The molecule has 114 valence electrons. The average Bonchev–Trinajstić information content (AvgIpc) is 2.93. The summed E-state index contributed by atoms with van der Waals surface area (Å²) >= 11 is 5.86. The van der Waals surface area contributed by atoms with Crippen LogP contribution in [-0.2, 0) is 11.3 Å². The maximum atomic E-state index is 11.6. The highest BCUT2D eigenvalue weighted by Gasteiger charge is 2.39. The van der Waals surface area contributed by atoms with Crippen molar-refractivity contribution in [2.75, 3.05) is 13.1 Å². The van der Waals surface area contributed by atoms with Crippen LogP contribution in [0.2, 0.25) is 5.02 Å². The summed E-state index contributed by atoms with van der Waals surface area (Å²) in [7, 11) is 0. The van der Waals surface area contributed by atoms with Gasteiger partial charge in [-0.3, -0.25) is 14.7 Å². The second kappa shape index (κ2) is 6.46. The third-order valence-corrected chi connectivity index (χ3v) is 4.32. The average molecular weight is 317 g/mol. The molecule has 0 amide bonds. The van der Waals surface area contributed by atoms with Gasteiger partial charge in [0.25, 0.3) is 0 Å². The van der Waals surface area contributed by atoms with Crippen molar-refractivity contribution in [1.29, 1.82) is 0 Å². The van der Waals surface area contributed by atoms with Crippen molar-refractivity contribution in [3.63, 3.8) is 0 Å². The van der Waals surface area contributed by atoms with Gasteiger partial charge < -0.3 is 5.11 Å². The molecule has 0 radical (unpaired) electrons. The number of hydrogen-bond acceptors (Lipinski definition) is 3. The normalized spacial score (nSPS) is 21.9. The Hall–Kier alpha value is -1.91. The van der Waals surface area contributed by atoms with E-state index in [2.05, 4.69) is 22.0 Å². The minimum absolute atomic E-state index is 0.0986. The number of carbonyl (C=O) groups is 1. The summed E-state index contributed by atoms with van der Waals surface area (Å²) in [4.78, 5) is 18.1. The van der Waals surface area contributed by atoms with Crippen molar-refractivity contribution in [1.82, 2.24) is 9.88 Å². The van der Waals surface area contributed by atoms with Crippen LogP contribution >= 0.6 is 11.6 Å². The van der Waals surface area contributed by atoms with Crippen LogP contribution in [0, 0.1) is 5.92 Å². The van der Waals surface area contributed by atoms with Crippen molar-refractivity contribution in [2.24, 2.45) is 5.92 Å². The molecule has 2 atom stereocenters. The van der Waals surface area contributed by atoms with Crippen molar-refractivity contribution in [3.8, 4) is 0 Å². The van der Waals surface area contributed by atoms with Gasteiger partial charge in [0.2, 0.25) is 0 Å². The van der Waals surface area contributed by atoms with Crippen molar-refractivity contribution in [3.05, 3.63) is 64.9 Å². The molecule has 5 heteroatoms. The van der Waals surface area contributed by atoms with Crippen LogP contribution in [0.1, 0.15) is 17.2 Å². The van der Waals surface area contributed by atoms with Crippen molar-refractivity contribution < 1.29 is 9.90 Å². The maximum absolute atomic E-state index is 11.6. The van der Waals surface area contributed by atoms with E-state index >= 15 is 0 Å². The fourth-order valence-electron chi connectivity index (χ4n) is 3.01. The molecule has 1 unspecified atom stereocenters. The lowest BCUT2D eigenvalue weighted by Crippen LogP contribution is -2.23. The zero-order valence-electron chi connectivity index (χ0n) is 12.0. The van der Waals surface area contributed by atoms with Gasteiger partial charge in [-0.25, -0.2) is 0 Å². The number of pyridine rings is 1. The number of hydrogen-bond donors (Lipinski definition) is 1. The third kappa shape index (κ3) is 3.29. The molecule has 0 saturated carbocycles. The minimum atomic E-state index is -0.766. The van der Waals surface area contributed by atoms with Crippen LogP contribution < -0.4 is 0 Å². The number of carboxylic acid groups (broad SMARTS) is 1. The molecule has 3 rings (SSSR count). The fraction of sp³-hybridized carbons (Fsp3) is 0.294. The molecule has 1 saturated heterocycles. The predicted octanol–water partition coefficient (Wildman–Crippen LogP) is 3.04. The summed E-state index contributed by atoms with van der Waals surface area (Å²) in [6.45, 7) is 1.99. The summed E-state index contributed by atoms with van der Waals surface area (Å²) in [6.07, 6.45) is 1.58. The lowest BCUT2D eigenvalue weighted by molar-refractivity contribution is -0.141. The predicted molar refractivity (Wildman–Crippen MR) is 84.8 cm³/mol. The molecular weight excluding hydrogens is 300 g/mol. The molecule has 0 spiro atoms. The number of carboxylic acids is 1. The third-order valence-electron chi connectivity index (χ3n) is 4.09. The molecule has 4 nitrogen and oxygen atoms in total. The second-order valence-electron chi connectivity index (χ2n) is 5.63. The first-order valence-corrected chi connectivity index (χ1v) is 7.62. The van der Waals surface area contributed by atoms with E-state index in [1.165, 1.54) is 5.56 Å². The second-order valence-corrected chi connectivity index (χ2v) is 6.07. The van der Waals surface area contributed by atoms with E-state index in [1.807, 2.05) is 24.3 Å². The first-order chi connectivity index (χ1) is 10.6. The highest BCUT2D eigenvalue weighted by molar-refractivity contribution is 6.30. The zero-order chi connectivity index (χ0) is 15.5. The molecule has 1 aromatic heterocycles. The van der Waals surface area contributed by atoms with E-state index in [-0.39, 0.29) is 5.92 Å². The number of aromatic nitrogens is 1. The Morgan fingerprint density at radius 3 is 2.64 bits per heavy atom. The number of halogens is 1. The molecule has 1 aromatic carbocycles. The molecule has 1 aliphatic rings. The lowest BCUT2D eigenvalue weighted by atomic mass is 9.93. The Morgan fingerprint density at radius 2 is 2.00 bits per heavy atom. The zero-order valence-corrected chi connectivity index (χ0v) is 12.8. The first-order valence-electron chi connectivity index (χ1n) is 7.24. The molecule has 22 heavy (non-hydrogen) atoms. The van der Waals surface area contributed by atoms with Crippen LogP contribution in [-0.4, -0.2) is 34.0 Å². The largest absolute Gasteiger partial charge is 0.481 e. The van der Waals surface area contributed by atoms with Crippen LogP contribution in [0.25, 0.3) is 0 Å². The highest BCUT2D eigenvalue weighted by Crippen LogP contribution is 2.33. The summed E-state index contributed by atoms with van der Waals surface area (Å²) in [5.74, 6) is -1.30. The van der Waals surface area contributed by atoms with E-state index in [4.69, 9.17) is 11.6 Å². The van der Waals surface area contributed by atoms with Gasteiger partial charge in [0.15, 0.2) is 0 Å². The number of rotatable bonds is 4. The van der Waals surface area contributed by atoms with Gasteiger partial charge >= 0.3 is 5.97 Å². The molecule has 2 heterocycles. The molecular formula is C17H17ClN2O2. The van der Waals surface area contributed by atoms with Gasteiger partial charge in [-0.2, -0.15) is 0 Å². The van der Waals surface area contributed by atoms with Crippen LogP contribution in [0.5, 0.6) is 0 Å². The Labute approximate surface area is 134 Å². The molecule has 2 aromatic rings. The summed E-state index contributed by atoms with van der Waals surface area (Å²) in [5.41, 5.74) is 1.99. The van der Waals surface area contributed by atoms with Gasteiger partial charge in [-0.15, -0.1) is 0 Å². The molecule has 1 N–H and O–H groups in total. The molecule has 1 fully saturated rings. The monoisotopic (exact) mass is 316 g/mol. The van der Waals surface area contributed by atoms with Gasteiger partial charge in [0.05, 0.1) is 10.9 Å². The van der Waals surface area contributed by atoms with E-state index in [0.717, 1.165) is 12.2 Å². The smallest absolute Gasteiger partial charge is 0.308 e. The van der Waals surface area contributed by atoms with E-state index in [0.29, 0.717) is 18.1 Å². The van der Waals surface area contributed by atoms with Crippen LogP contribution in [0.3, 0.4) is 0 Å². The Balaban J connectivity index is 1.77. The van der Waals surface area contributed by atoms with Crippen molar-refractivity contribution >= 4 is 17.6 Å². The Morgan fingerprint density at radius 1 is 1.23 bits per heavy atom. The Bertz CT molecular complexity index is 645. The highest BCUT2D eigenvalue weighted by atomic mass is 35.5. The van der Waals surface area contributed by atoms with Crippen molar-refractivity contribution in [2.45, 2.75) is 12.5 Å². The van der Waals surface area contributed by atoms with E-state index in [9.17, 15) is 9.90 Å². The van der Waals surface area contributed by atoms with Gasteiger partial charge in [-0.05, 0) is 17.7 Å². The molecule has 1 aliphatic heterocycles. The SMILES string of the molecule is O=C(O)C1CN(Cc2ccccc2)C[C@H]1c1ccc(Cl)cn1. The van der Waals surface area contributed by atoms with Crippen LogP contribution in [0.4, 0.5) is 0 Å².